The molecule has 0 heterocycles. The molecule has 2 N–H and O–H groups in total. The van der Waals surface area contributed by atoms with Crippen LogP contribution in [0.5, 0.6) is 0 Å². The Kier molecular flexibility index (Phi) is 2.95. The number of hydrogen-bond acceptors (Lipinski definition) is 1. The summed E-state index contributed by atoms with van der Waals surface area (Å²) < 4.78 is 0. The summed E-state index contributed by atoms with van der Waals surface area (Å²) >= 11 is 0. The zero-order valence-electron chi connectivity index (χ0n) is 8.25. The maximum atomic E-state index is 5.77. The summed E-state index contributed by atoms with van der Waals surface area (Å²) in [6, 6.07) is 0.298. The SMILES string of the molecule is CC(C)N=C(N)N(C)CC1CC1. The molecule has 70 valence electrons. The summed E-state index contributed by atoms with van der Waals surface area (Å²) in [7, 11) is 2.01. The summed E-state index contributed by atoms with van der Waals surface area (Å²) in [5.74, 6) is 1.55. The van der Waals surface area contributed by atoms with Crippen LogP contribution >= 0.6 is 0 Å². The molecule has 0 aromatic carbocycles. The van der Waals surface area contributed by atoms with Crippen LogP contribution in [0, 0.1) is 5.92 Å². The molecule has 0 saturated heterocycles. The molecule has 0 aromatic rings. The Labute approximate surface area is 74.6 Å². The van der Waals surface area contributed by atoms with Gasteiger partial charge >= 0.3 is 0 Å². The van der Waals surface area contributed by atoms with Gasteiger partial charge in [-0.25, -0.2) is 0 Å². The van der Waals surface area contributed by atoms with E-state index in [1.54, 1.807) is 0 Å². The van der Waals surface area contributed by atoms with Crippen LogP contribution in [0.25, 0.3) is 0 Å². The van der Waals surface area contributed by atoms with Gasteiger partial charge in [0.2, 0.25) is 0 Å². The largest absolute Gasteiger partial charge is 0.370 e. The molecule has 0 spiro atoms. The van der Waals surface area contributed by atoms with Gasteiger partial charge in [-0.2, -0.15) is 0 Å². The van der Waals surface area contributed by atoms with Gasteiger partial charge in [0.15, 0.2) is 5.96 Å². The Balaban J connectivity index is 2.32. The van der Waals surface area contributed by atoms with Crippen molar-refractivity contribution in [3.8, 4) is 0 Å². The van der Waals surface area contributed by atoms with Crippen molar-refractivity contribution in [3.63, 3.8) is 0 Å². The fourth-order valence-corrected chi connectivity index (χ4v) is 1.14. The molecule has 1 fully saturated rings. The van der Waals surface area contributed by atoms with Gasteiger partial charge < -0.3 is 10.6 Å². The van der Waals surface area contributed by atoms with Gasteiger partial charge in [0.1, 0.15) is 0 Å². The molecular formula is C9H19N3. The number of guanidine groups is 1. The van der Waals surface area contributed by atoms with Gasteiger partial charge in [-0.05, 0) is 32.6 Å². The lowest BCUT2D eigenvalue weighted by atomic mass is 10.4. The predicted molar refractivity (Wildman–Crippen MR) is 52.1 cm³/mol. The first-order valence-corrected chi connectivity index (χ1v) is 4.64. The highest BCUT2D eigenvalue weighted by Crippen LogP contribution is 2.29. The predicted octanol–water partition coefficient (Wildman–Crippen LogP) is 1.05. The second-order valence-corrected chi connectivity index (χ2v) is 3.90. The monoisotopic (exact) mass is 169 g/mol. The van der Waals surface area contributed by atoms with Crippen LogP contribution < -0.4 is 5.73 Å². The highest BCUT2D eigenvalue weighted by atomic mass is 15.2. The van der Waals surface area contributed by atoms with Crippen LogP contribution in [-0.2, 0) is 0 Å². The molecule has 12 heavy (non-hydrogen) atoms. The topological polar surface area (TPSA) is 41.6 Å². The zero-order valence-corrected chi connectivity index (χ0v) is 8.25. The van der Waals surface area contributed by atoms with E-state index in [4.69, 9.17) is 5.73 Å². The van der Waals surface area contributed by atoms with Crippen molar-refractivity contribution in [2.75, 3.05) is 13.6 Å². The van der Waals surface area contributed by atoms with E-state index in [1.807, 2.05) is 20.9 Å². The molecule has 0 aromatic heterocycles. The third-order valence-corrected chi connectivity index (χ3v) is 2.01. The molecule has 1 saturated carbocycles. The lowest BCUT2D eigenvalue weighted by molar-refractivity contribution is 0.466. The van der Waals surface area contributed by atoms with Crippen molar-refractivity contribution in [1.29, 1.82) is 0 Å². The number of hydrogen-bond donors (Lipinski definition) is 1. The van der Waals surface area contributed by atoms with Crippen LogP contribution in [-0.4, -0.2) is 30.5 Å². The summed E-state index contributed by atoms with van der Waals surface area (Å²) in [6.45, 7) is 5.15. The van der Waals surface area contributed by atoms with E-state index in [0.717, 1.165) is 12.5 Å². The third-order valence-electron chi connectivity index (χ3n) is 2.01. The van der Waals surface area contributed by atoms with Gasteiger partial charge in [-0.15, -0.1) is 0 Å². The number of rotatable bonds is 3. The normalized spacial score (nSPS) is 18.5. The molecule has 0 radical (unpaired) electrons. The van der Waals surface area contributed by atoms with Gasteiger partial charge in [0, 0.05) is 19.6 Å². The molecular weight excluding hydrogens is 150 g/mol. The Morgan fingerprint density at radius 1 is 1.58 bits per heavy atom. The molecule has 0 aliphatic heterocycles. The average molecular weight is 169 g/mol. The molecule has 0 bridgehead atoms. The smallest absolute Gasteiger partial charge is 0.191 e. The van der Waals surface area contributed by atoms with Crippen molar-refractivity contribution >= 4 is 5.96 Å². The molecule has 3 nitrogen and oxygen atoms in total. The quantitative estimate of drug-likeness (QED) is 0.507. The summed E-state index contributed by atoms with van der Waals surface area (Å²) in [5.41, 5.74) is 5.77. The average Bonchev–Trinajstić information content (AvgIpc) is 2.70. The van der Waals surface area contributed by atoms with Gasteiger partial charge in [-0.1, -0.05) is 0 Å². The second kappa shape index (κ2) is 3.78. The minimum Gasteiger partial charge on any atom is -0.370 e. The first kappa shape index (κ1) is 9.36. The minimum atomic E-state index is 0.298. The van der Waals surface area contributed by atoms with Gasteiger partial charge in [0.25, 0.3) is 0 Å². The molecule has 3 heteroatoms. The standard InChI is InChI=1S/C9H19N3/c1-7(2)11-9(10)12(3)6-8-4-5-8/h7-8H,4-6H2,1-3H3,(H2,10,11). The van der Waals surface area contributed by atoms with E-state index in [1.165, 1.54) is 12.8 Å². The summed E-state index contributed by atoms with van der Waals surface area (Å²) in [6.07, 6.45) is 2.72. The van der Waals surface area contributed by atoms with E-state index < -0.39 is 0 Å². The van der Waals surface area contributed by atoms with Gasteiger partial charge in [0.05, 0.1) is 0 Å². The summed E-state index contributed by atoms with van der Waals surface area (Å²) in [4.78, 5) is 6.33. The highest BCUT2D eigenvalue weighted by molar-refractivity contribution is 5.77. The van der Waals surface area contributed by atoms with Gasteiger partial charge in [-0.3, -0.25) is 4.99 Å². The zero-order chi connectivity index (χ0) is 9.14. The lowest BCUT2D eigenvalue weighted by Crippen LogP contribution is -2.36. The second-order valence-electron chi connectivity index (χ2n) is 3.90. The van der Waals surface area contributed by atoms with Crippen LogP contribution in [0.1, 0.15) is 26.7 Å². The van der Waals surface area contributed by atoms with E-state index in [-0.39, 0.29) is 0 Å². The van der Waals surface area contributed by atoms with Crippen molar-refractivity contribution in [3.05, 3.63) is 0 Å². The molecule has 0 unspecified atom stereocenters. The maximum absolute atomic E-state index is 5.77. The van der Waals surface area contributed by atoms with Crippen LogP contribution in [0.15, 0.2) is 4.99 Å². The molecule has 1 aliphatic carbocycles. The minimum absolute atomic E-state index is 0.298. The van der Waals surface area contributed by atoms with E-state index in [2.05, 4.69) is 9.89 Å². The van der Waals surface area contributed by atoms with Crippen molar-refractivity contribution in [1.82, 2.24) is 4.90 Å². The van der Waals surface area contributed by atoms with Crippen molar-refractivity contribution < 1.29 is 0 Å². The maximum Gasteiger partial charge on any atom is 0.191 e. The van der Waals surface area contributed by atoms with Crippen molar-refractivity contribution in [2.45, 2.75) is 32.7 Å². The Morgan fingerprint density at radius 3 is 2.58 bits per heavy atom. The third kappa shape index (κ3) is 3.11. The first-order valence-electron chi connectivity index (χ1n) is 4.64. The molecule has 0 atom stereocenters. The Morgan fingerprint density at radius 2 is 2.17 bits per heavy atom. The molecule has 1 aliphatic rings. The van der Waals surface area contributed by atoms with E-state index >= 15 is 0 Å². The van der Waals surface area contributed by atoms with Crippen LogP contribution in [0.4, 0.5) is 0 Å². The van der Waals surface area contributed by atoms with Crippen LogP contribution in [0.2, 0.25) is 0 Å². The summed E-state index contributed by atoms with van der Waals surface area (Å²) in [5, 5.41) is 0. The number of nitrogens with zero attached hydrogens (tertiary/aromatic N) is 2. The van der Waals surface area contributed by atoms with Crippen molar-refractivity contribution in [2.24, 2.45) is 16.6 Å². The first-order chi connectivity index (χ1) is 5.59. The Bertz CT molecular complexity index is 171. The molecule has 1 rings (SSSR count). The number of aliphatic imine (C=N–C) groups is 1. The van der Waals surface area contributed by atoms with E-state index in [0.29, 0.717) is 12.0 Å². The van der Waals surface area contributed by atoms with Crippen LogP contribution in [0.3, 0.4) is 0 Å². The molecule has 0 amide bonds. The van der Waals surface area contributed by atoms with E-state index in [9.17, 15) is 0 Å². The fraction of sp³-hybridized carbons (Fsp3) is 0.889. The Hall–Kier alpha value is -0.730. The number of nitrogens with two attached hydrogens (primary N) is 1. The highest BCUT2D eigenvalue weighted by Gasteiger charge is 2.23. The fourth-order valence-electron chi connectivity index (χ4n) is 1.14. The lowest BCUT2D eigenvalue weighted by Gasteiger charge is -2.18.